The average molecular weight is 433 g/mol. The molecule has 7 nitrogen and oxygen atoms in total. The molecule has 0 spiro atoms. The normalized spacial score (nSPS) is 19.4. The summed E-state index contributed by atoms with van der Waals surface area (Å²) in [6.45, 7) is 1.39. The van der Waals surface area contributed by atoms with E-state index in [0.717, 1.165) is 25.1 Å². The number of benzene rings is 1. The molecule has 3 atom stereocenters. The van der Waals surface area contributed by atoms with E-state index in [-0.39, 0.29) is 35.0 Å². The van der Waals surface area contributed by atoms with Gasteiger partial charge in [-0.25, -0.2) is 13.8 Å². The van der Waals surface area contributed by atoms with E-state index in [1.54, 1.807) is 0 Å². The van der Waals surface area contributed by atoms with Crippen LogP contribution in [0, 0.1) is 17.6 Å². The quantitative estimate of drug-likeness (QED) is 0.650. The van der Waals surface area contributed by atoms with E-state index < -0.39 is 23.6 Å². The van der Waals surface area contributed by atoms with Gasteiger partial charge in [0.05, 0.1) is 13.3 Å². The Labute approximate surface area is 178 Å². The Balaban J connectivity index is 1.74. The number of halogens is 2. The maximum atomic E-state index is 14.4. The minimum atomic E-state index is -1.11. The monoisotopic (exact) mass is 433 g/mol. The highest BCUT2D eigenvalue weighted by atomic mass is 19.1. The molecule has 166 valence electrons. The highest BCUT2D eigenvalue weighted by Crippen LogP contribution is 2.33. The fraction of sp³-hybridized carbons (Fsp3) is 0.409. The summed E-state index contributed by atoms with van der Waals surface area (Å²) in [5.41, 5.74) is 0.450. The van der Waals surface area contributed by atoms with Crippen molar-refractivity contribution in [3.05, 3.63) is 42.1 Å². The predicted molar refractivity (Wildman–Crippen MR) is 110 cm³/mol. The minimum absolute atomic E-state index is 0.118. The van der Waals surface area contributed by atoms with Gasteiger partial charge in [0.25, 0.3) is 0 Å². The van der Waals surface area contributed by atoms with Gasteiger partial charge in [-0.3, -0.25) is 9.59 Å². The van der Waals surface area contributed by atoms with Gasteiger partial charge in [-0.1, -0.05) is 6.42 Å². The summed E-state index contributed by atoms with van der Waals surface area (Å²) in [4.78, 5) is 28.4. The number of aromatic nitrogens is 1. The number of pyridine rings is 1. The van der Waals surface area contributed by atoms with Crippen LogP contribution in [0.4, 0.5) is 14.6 Å². The van der Waals surface area contributed by atoms with Crippen LogP contribution in [0.25, 0.3) is 11.1 Å². The summed E-state index contributed by atoms with van der Waals surface area (Å²) in [6.07, 6.45) is 2.43. The highest BCUT2D eigenvalue weighted by Gasteiger charge is 2.29. The van der Waals surface area contributed by atoms with Crippen LogP contribution in [0.1, 0.15) is 32.6 Å². The topological polar surface area (TPSA) is 101 Å². The second kappa shape index (κ2) is 9.82. The largest absolute Gasteiger partial charge is 0.496 e. The summed E-state index contributed by atoms with van der Waals surface area (Å²) < 4.78 is 33.0. The number of amides is 2. The van der Waals surface area contributed by atoms with Crippen LogP contribution in [-0.2, 0) is 9.59 Å². The molecule has 0 saturated heterocycles. The first-order chi connectivity index (χ1) is 14.8. The average Bonchev–Trinajstić information content (AvgIpc) is 2.75. The van der Waals surface area contributed by atoms with Crippen LogP contribution >= 0.6 is 0 Å². The Hall–Kier alpha value is -3.07. The molecule has 1 aliphatic carbocycles. The van der Waals surface area contributed by atoms with Crippen LogP contribution in [0.3, 0.4) is 0 Å². The standard InChI is InChI=1S/C22H25F2N3O4/c1-12(28)21(29)26-15-5-3-4-13(8-15)22(30)27-20-10-17(18(24)11-25-20)16-7-6-14(23)9-19(16)31-2/h6-7,9-13,15,28H,3-5,8H2,1-2H3,(H,26,29)(H,25,27,30)/t12-,13+,15-/m1/s1. The van der Waals surface area contributed by atoms with Crippen LogP contribution in [0.2, 0.25) is 0 Å². The molecule has 1 heterocycles. The van der Waals surface area contributed by atoms with Gasteiger partial charge >= 0.3 is 0 Å². The zero-order valence-electron chi connectivity index (χ0n) is 17.3. The second-order valence-corrected chi connectivity index (χ2v) is 7.63. The Morgan fingerprint density at radius 3 is 2.71 bits per heavy atom. The molecular formula is C22H25F2N3O4. The number of ether oxygens (including phenoxy) is 1. The number of nitrogens with one attached hydrogen (secondary N) is 2. The van der Waals surface area contributed by atoms with E-state index in [1.807, 2.05) is 0 Å². The van der Waals surface area contributed by atoms with E-state index in [0.29, 0.717) is 18.4 Å². The maximum absolute atomic E-state index is 14.4. The lowest BCUT2D eigenvalue weighted by Gasteiger charge is -2.29. The third kappa shape index (κ3) is 5.55. The fourth-order valence-corrected chi connectivity index (χ4v) is 3.71. The van der Waals surface area contributed by atoms with Gasteiger partial charge in [0.2, 0.25) is 11.8 Å². The molecule has 0 bridgehead atoms. The van der Waals surface area contributed by atoms with Crippen molar-refractivity contribution >= 4 is 17.6 Å². The molecule has 0 radical (unpaired) electrons. The summed E-state index contributed by atoms with van der Waals surface area (Å²) in [6, 6.07) is 4.91. The highest BCUT2D eigenvalue weighted by molar-refractivity contribution is 5.92. The summed E-state index contributed by atoms with van der Waals surface area (Å²) >= 11 is 0. The molecule has 9 heteroatoms. The molecule has 0 unspecified atom stereocenters. The number of hydrogen-bond acceptors (Lipinski definition) is 5. The van der Waals surface area contributed by atoms with Gasteiger partial charge in [0.15, 0.2) is 0 Å². The number of hydrogen-bond donors (Lipinski definition) is 3. The molecule has 2 amide bonds. The number of carbonyl (C=O) groups is 2. The first-order valence-electron chi connectivity index (χ1n) is 10.1. The maximum Gasteiger partial charge on any atom is 0.248 e. The molecule has 1 fully saturated rings. The smallest absolute Gasteiger partial charge is 0.248 e. The lowest BCUT2D eigenvalue weighted by atomic mass is 9.85. The summed E-state index contributed by atoms with van der Waals surface area (Å²) in [7, 11) is 1.36. The molecule has 1 saturated carbocycles. The molecule has 1 aliphatic rings. The van der Waals surface area contributed by atoms with Crippen molar-refractivity contribution in [1.29, 1.82) is 0 Å². The second-order valence-electron chi connectivity index (χ2n) is 7.63. The van der Waals surface area contributed by atoms with Gasteiger partial charge in [-0.05, 0) is 44.4 Å². The van der Waals surface area contributed by atoms with E-state index in [1.165, 1.54) is 32.2 Å². The third-order valence-corrected chi connectivity index (χ3v) is 5.33. The van der Waals surface area contributed by atoms with E-state index in [9.17, 15) is 23.5 Å². The van der Waals surface area contributed by atoms with Crippen LogP contribution in [-0.4, -0.2) is 41.2 Å². The fourth-order valence-electron chi connectivity index (χ4n) is 3.71. The van der Waals surface area contributed by atoms with Crippen molar-refractivity contribution in [2.24, 2.45) is 5.92 Å². The SMILES string of the molecule is COc1cc(F)ccc1-c1cc(NC(=O)[C@H]2CCC[C@@H](NC(=O)[C@@H](C)O)C2)ncc1F. The van der Waals surface area contributed by atoms with E-state index in [2.05, 4.69) is 15.6 Å². The first kappa shape index (κ1) is 22.6. The van der Waals surface area contributed by atoms with Crippen LogP contribution < -0.4 is 15.4 Å². The minimum Gasteiger partial charge on any atom is -0.496 e. The molecule has 2 aromatic rings. The Morgan fingerprint density at radius 2 is 2.00 bits per heavy atom. The van der Waals surface area contributed by atoms with Crippen LogP contribution in [0.5, 0.6) is 5.75 Å². The number of nitrogens with zero attached hydrogens (tertiary/aromatic N) is 1. The number of aliphatic hydroxyl groups is 1. The van der Waals surface area contributed by atoms with Crippen LogP contribution in [0.15, 0.2) is 30.5 Å². The lowest BCUT2D eigenvalue weighted by Crippen LogP contribution is -2.44. The zero-order valence-corrected chi connectivity index (χ0v) is 17.3. The molecule has 3 N–H and O–H groups in total. The van der Waals surface area contributed by atoms with Crippen molar-refractivity contribution in [3.63, 3.8) is 0 Å². The predicted octanol–water partition coefficient (Wildman–Crippen LogP) is 3.03. The van der Waals surface area contributed by atoms with Crippen molar-refractivity contribution < 1.29 is 28.2 Å². The lowest BCUT2D eigenvalue weighted by molar-refractivity contribution is -0.130. The molecule has 1 aromatic heterocycles. The Bertz CT molecular complexity index is 968. The van der Waals surface area contributed by atoms with Crippen molar-refractivity contribution in [3.8, 4) is 16.9 Å². The number of methoxy groups -OCH3 is 1. The van der Waals surface area contributed by atoms with E-state index >= 15 is 0 Å². The molecule has 3 rings (SSSR count). The first-order valence-corrected chi connectivity index (χ1v) is 10.1. The van der Waals surface area contributed by atoms with E-state index in [4.69, 9.17) is 4.74 Å². The summed E-state index contributed by atoms with van der Waals surface area (Å²) in [5, 5.41) is 14.8. The van der Waals surface area contributed by atoms with Gasteiger partial charge in [-0.15, -0.1) is 0 Å². The molecule has 31 heavy (non-hydrogen) atoms. The number of anilines is 1. The van der Waals surface area contributed by atoms with Gasteiger partial charge in [0.1, 0.15) is 29.3 Å². The van der Waals surface area contributed by atoms with Gasteiger partial charge < -0.3 is 20.5 Å². The van der Waals surface area contributed by atoms with Crippen molar-refractivity contribution in [2.45, 2.75) is 44.8 Å². The molecular weight excluding hydrogens is 408 g/mol. The zero-order chi connectivity index (χ0) is 22.5. The van der Waals surface area contributed by atoms with Crippen molar-refractivity contribution in [1.82, 2.24) is 10.3 Å². The third-order valence-electron chi connectivity index (χ3n) is 5.33. The van der Waals surface area contributed by atoms with Gasteiger partial charge in [-0.2, -0.15) is 0 Å². The Morgan fingerprint density at radius 1 is 1.23 bits per heavy atom. The number of rotatable bonds is 6. The van der Waals surface area contributed by atoms with Gasteiger partial charge in [0, 0.05) is 29.2 Å². The Kier molecular flexibility index (Phi) is 7.17. The number of carbonyl (C=O) groups excluding carboxylic acids is 2. The summed E-state index contributed by atoms with van der Waals surface area (Å²) in [5.74, 6) is -1.95. The van der Waals surface area contributed by atoms with Crippen molar-refractivity contribution in [2.75, 3.05) is 12.4 Å². The number of aliphatic hydroxyl groups excluding tert-OH is 1. The molecule has 1 aromatic carbocycles. The molecule has 0 aliphatic heterocycles.